The predicted molar refractivity (Wildman–Crippen MR) is 80.0 cm³/mol. The van der Waals surface area contributed by atoms with E-state index in [0.29, 0.717) is 37.3 Å². The molecule has 22 heavy (non-hydrogen) atoms. The maximum Gasteiger partial charge on any atom is 0.337 e. The van der Waals surface area contributed by atoms with E-state index in [2.05, 4.69) is 9.97 Å². The number of pyridine rings is 1. The van der Waals surface area contributed by atoms with Gasteiger partial charge in [0.2, 0.25) is 0 Å². The van der Waals surface area contributed by atoms with Gasteiger partial charge >= 0.3 is 5.97 Å². The fraction of sp³-hybridized carbons (Fsp3) is 0.312. The number of carboxylic acids is 1. The Hall–Kier alpha value is -2.63. The van der Waals surface area contributed by atoms with Crippen LogP contribution in [0.15, 0.2) is 24.4 Å². The molecule has 3 rings (SSSR count). The number of hydrogen-bond acceptors (Lipinski definition) is 3. The van der Waals surface area contributed by atoms with Crippen molar-refractivity contribution in [1.29, 1.82) is 0 Å². The molecule has 2 N–H and O–H groups in total. The number of aromatic carboxylic acids is 1. The van der Waals surface area contributed by atoms with Gasteiger partial charge in [-0.05, 0) is 37.1 Å². The lowest BCUT2D eigenvalue weighted by Gasteiger charge is -2.19. The van der Waals surface area contributed by atoms with Gasteiger partial charge in [-0.15, -0.1) is 0 Å². The number of carbonyl (C=O) groups excluding carboxylic acids is 1. The Morgan fingerprint density at radius 1 is 1.32 bits per heavy atom. The number of aryl methyl sites for hydroxylation is 1. The summed E-state index contributed by atoms with van der Waals surface area (Å²) < 4.78 is 0. The number of rotatable bonds is 2. The van der Waals surface area contributed by atoms with Gasteiger partial charge in [0.1, 0.15) is 5.69 Å². The van der Waals surface area contributed by atoms with Crippen molar-refractivity contribution < 1.29 is 14.7 Å². The first-order valence-corrected chi connectivity index (χ1v) is 7.21. The number of carbonyl (C=O) groups is 2. The van der Waals surface area contributed by atoms with Crippen molar-refractivity contribution in [2.75, 3.05) is 13.1 Å². The number of carboxylic acid groups (broad SMARTS) is 1. The van der Waals surface area contributed by atoms with Gasteiger partial charge < -0.3 is 15.0 Å². The van der Waals surface area contributed by atoms with Crippen molar-refractivity contribution in [2.45, 2.75) is 19.8 Å². The van der Waals surface area contributed by atoms with E-state index in [1.807, 2.05) is 0 Å². The van der Waals surface area contributed by atoms with Gasteiger partial charge in [0.25, 0.3) is 5.91 Å². The third-order valence-corrected chi connectivity index (χ3v) is 4.00. The molecule has 1 aliphatic heterocycles. The molecule has 0 radical (unpaired) electrons. The zero-order valence-electron chi connectivity index (χ0n) is 12.3. The second-order valence-electron chi connectivity index (χ2n) is 5.41. The topological polar surface area (TPSA) is 86.3 Å². The quantitative estimate of drug-likeness (QED) is 0.883. The molecule has 0 aromatic carbocycles. The molecule has 2 aromatic heterocycles. The van der Waals surface area contributed by atoms with Crippen LogP contribution in [-0.4, -0.2) is 44.9 Å². The SMILES string of the molecule is Cc1nc2c(cc1C(=O)O)CCN(C(=O)c1ccc[nH]1)CC2. The molecule has 0 bridgehead atoms. The molecule has 0 fully saturated rings. The van der Waals surface area contributed by atoms with Crippen LogP contribution < -0.4 is 0 Å². The van der Waals surface area contributed by atoms with Gasteiger partial charge in [-0.25, -0.2) is 4.79 Å². The average molecular weight is 299 g/mol. The van der Waals surface area contributed by atoms with Gasteiger partial charge in [-0.3, -0.25) is 9.78 Å². The molecule has 114 valence electrons. The third-order valence-electron chi connectivity index (χ3n) is 4.00. The fourth-order valence-corrected chi connectivity index (χ4v) is 2.79. The highest BCUT2D eigenvalue weighted by Gasteiger charge is 2.22. The monoisotopic (exact) mass is 299 g/mol. The van der Waals surface area contributed by atoms with E-state index >= 15 is 0 Å². The number of nitrogens with one attached hydrogen (secondary N) is 1. The Morgan fingerprint density at radius 2 is 2.09 bits per heavy atom. The first-order chi connectivity index (χ1) is 10.6. The number of hydrogen-bond donors (Lipinski definition) is 2. The van der Waals surface area contributed by atoms with Gasteiger partial charge in [0.05, 0.1) is 11.3 Å². The zero-order chi connectivity index (χ0) is 15.7. The Morgan fingerprint density at radius 3 is 2.77 bits per heavy atom. The van der Waals surface area contributed by atoms with Crippen LogP contribution in [0.5, 0.6) is 0 Å². The zero-order valence-corrected chi connectivity index (χ0v) is 12.3. The highest BCUT2D eigenvalue weighted by Crippen LogP contribution is 2.19. The van der Waals surface area contributed by atoms with Gasteiger partial charge in [-0.2, -0.15) is 0 Å². The minimum absolute atomic E-state index is 0.0343. The van der Waals surface area contributed by atoms with Gasteiger partial charge in [0.15, 0.2) is 0 Å². The first-order valence-electron chi connectivity index (χ1n) is 7.21. The molecule has 0 aliphatic carbocycles. The molecule has 1 aliphatic rings. The van der Waals surface area contributed by atoms with Crippen LogP contribution in [0.2, 0.25) is 0 Å². The summed E-state index contributed by atoms with van der Waals surface area (Å²) in [6.45, 7) is 2.86. The van der Waals surface area contributed by atoms with E-state index in [1.54, 1.807) is 36.2 Å². The first kappa shape index (κ1) is 14.3. The van der Waals surface area contributed by atoms with E-state index in [9.17, 15) is 14.7 Å². The molecule has 1 amide bonds. The lowest BCUT2D eigenvalue weighted by atomic mass is 10.0. The van der Waals surface area contributed by atoms with E-state index < -0.39 is 5.97 Å². The lowest BCUT2D eigenvalue weighted by molar-refractivity contribution is 0.0694. The Bertz CT molecular complexity index is 722. The number of aromatic nitrogens is 2. The highest BCUT2D eigenvalue weighted by atomic mass is 16.4. The number of aromatic amines is 1. The van der Waals surface area contributed by atoms with Crippen molar-refractivity contribution in [3.63, 3.8) is 0 Å². The molecule has 6 heteroatoms. The van der Waals surface area contributed by atoms with Crippen LogP contribution >= 0.6 is 0 Å². The molecule has 2 aromatic rings. The number of H-pyrrole nitrogens is 1. The van der Waals surface area contributed by atoms with Crippen LogP contribution in [0, 0.1) is 6.92 Å². The number of nitrogens with zero attached hydrogens (tertiary/aromatic N) is 2. The van der Waals surface area contributed by atoms with Crippen LogP contribution in [-0.2, 0) is 12.8 Å². The average Bonchev–Trinajstić information content (AvgIpc) is 2.94. The molecular weight excluding hydrogens is 282 g/mol. The Kier molecular flexibility index (Phi) is 3.66. The normalized spacial score (nSPS) is 14.3. The summed E-state index contributed by atoms with van der Waals surface area (Å²) >= 11 is 0. The van der Waals surface area contributed by atoms with Gasteiger partial charge in [0, 0.05) is 31.4 Å². The largest absolute Gasteiger partial charge is 0.478 e. The molecule has 0 saturated heterocycles. The van der Waals surface area contributed by atoms with Crippen LogP contribution in [0.1, 0.15) is 37.8 Å². The maximum atomic E-state index is 12.4. The molecule has 0 saturated carbocycles. The number of amides is 1. The Labute approximate surface area is 127 Å². The second kappa shape index (κ2) is 5.63. The van der Waals surface area contributed by atoms with Crippen LogP contribution in [0.3, 0.4) is 0 Å². The fourth-order valence-electron chi connectivity index (χ4n) is 2.79. The molecule has 0 unspecified atom stereocenters. The number of fused-ring (bicyclic) bond motifs is 1. The summed E-state index contributed by atoms with van der Waals surface area (Å²) in [5.41, 5.74) is 3.15. The summed E-state index contributed by atoms with van der Waals surface area (Å²) in [4.78, 5) is 32.7. The minimum atomic E-state index is -0.962. The van der Waals surface area contributed by atoms with Crippen molar-refractivity contribution in [2.24, 2.45) is 0 Å². The summed E-state index contributed by atoms with van der Waals surface area (Å²) in [7, 11) is 0. The molecular formula is C16H17N3O3. The highest BCUT2D eigenvalue weighted by molar-refractivity contribution is 5.92. The van der Waals surface area contributed by atoms with Crippen molar-refractivity contribution in [1.82, 2.24) is 14.9 Å². The van der Waals surface area contributed by atoms with Crippen molar-refractivity contribution in [3.05, 3.63) is 52.6 Å². The van der Waals surface area contributed by atoms with E-state index in [0.717, 1.165) is 11.3 Å². The minimum Gasteiger partial charge on any atom is -0.478 e. The van der Waals surface area contributed by atoms with Crippen molar-refractivity contribution >= 4 is 11.9 Å². The van der Waals surface area contributed by atoms with E-state index in [1.165, 1.54) is 0 Å². The smallest absolute Gasteiger partial charge is 0.337 e. The standard InChI is InChI=1S/C16H17N3O3/c1-10-12(16(21)22)9-11-4-7-19(8-5-13(11)18-10)15(20)14-3-2-6-17-14/h2-3,6,9,17H,4-5,7-8H2,1H3,(H,21,22). The van der Waals surface area contributed by atoms with Gasteiger partial charge in [-0.1, -0.05) is 0 Å². The van der Waals surface area contributed by atoms with Crippen molar-refractivity contribution in [3.8, 4) is 0 Å². The Balaban J connectivity index is 1.83. The van der Waals surface area contributed by atoms with E-state index in [4.69, 9.17) is 0 Å². The summed E-state index contributed by atoms with van der Waals surface area (Å²) in [6.07, 6.45) is 2.99. The molecule has 3 heterocycles. The summed E-state index contributed by atoms with van der Waals surface area (Å²) in [5, 5.41) is 9.19. The second-order valence-corrected chi connectivity index (χ2v) is 5.41. The third kappa shape index (κ3) is 2.59. The molecule has 0 atom stereocenters. The molecule has 0 spiro atoms. The maximum absolute atomic E-state index is 12.4. The lowest BCUT2D eigenvalue weighted by Crippen LogP contribution is -2.33. The predicted octanol–water partition coefficient (Wildman–Crippen LogP) is 1.66. The summed E-state index contributed by atoms with van der Waals surface area (Å²) in [6, 6.07) is 5.25. The van der Waals surface area contributed by atoms with Crippen LogP contribution in [0.4, 0.5) is 0 Å². The van der Waals surface area contributed by atoms with Crippen LogP contribution in [0.25, 0.3) is 0 Å². The summed E-state index contributed by atoms with van der Waals surface area (Å²) in [5.74, 6) is -0.996. The van der Waals surface area contributed by atoms with E-state index in [-0.39, 0.29) is 11.5 Å². The molecule has 6 nitrogen and oxygen atoms in total.